The molecule has 0 spiro atoms. The van der Waals surface area contributed by atoms with E-state index in [2.05, 4.69) is 9.72 Å². The van der Waals surface area contributed by atoms with Crippen LogP contribution in [0.15, 0.2) is 10.9 Å². The molecular weight excluding hydrogens is 236 g/mol. The fourth-order valence-electron chi connectivity index (χ4n) is 0.927. The molecule has 0 aliphatic heterocycles. The number of hydrogen-bond acceptors (Lipinski definition) is 7. The van der Waals surface area contributed by atoms with Crippen molar-refractivity contribution in [1.29, 1.82) is 0 Å². The number of aliphatic carboxylic acids is 1. The van der Waals surface area contributed by atoms with Crippen LogP contribution >= 0.6 is 11.3 Å². The number of rotatable bonds is 5. The van der Waals surface area contributed by atoms with Gasteiger partial charge in [0.2, 0.25) is 0 Å². The number of carboxylic acid groups (broad SMARTS) is 1. The number of thiazole rings is 1. The molecule has 1 aromatic rings. The Morgan fingerprint density at radius 3 is 2.53 bits per heavy atom. The molecule has 0 saturated carbocycles. The van der Waals surface area contributed by atoms with Gasteiger partial charge in [-0.3, -0.25) is 0 Å². The molecule has 1 aromatic heterocycles. The molecule has 1 atom stereocenters. The Bertz CT molecular complexity index is 335. The van der Waals surface area contributed by atoms with E-state index in [4.69, 9.17) is 0 Å². The number of carbonyl (C=O) groups is 1. The first kappa shape index (κ1) is 22.1. The van der Waals surface area contributed by atoms with Crippen molar-refractivity contribution in [1.82, 2.24) is 4.98 Å². The van der Waals surface area contributed by atoms with Gasteiger partial charge in [0, 0.05) is 30.5 Å². The summed E-state index contributed by atoms with van der Waals surface area (Å²) in [5.74, 6) is -1.61. The van der Waals surface area contributed by atoms with E-state index in [0.717, 1.165) is 7.11 Å². The molecule has 1 unspecified atom stereocenters. The normalized spacial score (nSPS) is 12.1. The Kier molecular flexibility index (Phi) is 12.8. The zero-order valence-corrected chi connectivity index (χ0v) is 10.6. The molecule has 0 radical (unpaired) electrons. The molecule has 0 aliphatic rings. The number of carbonyl (C=O) groups excluding carboxylic acids is 2. The summed E-state index contributed by atoms with van der Waals surface area (Å²) in [5.41, 5.74) is -0.0476. The summed E-state index contributed by atoms with van der Waals surface area (Å²) in [7, 11) is 1.12. The Balaban J connectivity index is -0.000000653. The molecule has 1 rings (SSSR count). The van der Waals surface area contributed by atoms with Crippen LogP contribution in [-0.2, 0) is 20.7 Å². The van der Waals surface area contributed by atoms with E-state index in [9.17, 15) is 14.7 Å². The molecule has 0 saturated heterocycles. The first-order valence-corrected chi connectivity index (χ1v) is 4.62. The standard InChI is InChI=1S/C8H8NO4S.2Li.H2O/c1-13-8(4-10,7(11)12)2-6-3-14-5-9-6;;;/h3,5H,2H2,1H3,(H,11,12);;;1H2/q-1;2*+1;/p-2. The van der Waals surface area contributed by atoms with Gasteiger partial charge in [-0.1, -0.05) is 0 Å². The summed E-state index contributed by atoms with van der Waals surface area (Å²) in [6.45, 7) is 0. The van der Waals surface area contributed by atoms with E-state index in [1.54, 1.807) is 5.38 Å². The second kappa shape index (κ2) is 9.87. The maximum absolute atomic E-state index is 10.7. The van der Waals surface area contributed by atoms with E-state index >= 15 is 0 Å². The third-order valence-corrected chi connectivity index (χ3v) is 2.39. The molecule has 1 heterocycles. The van der Waals surface area contributed by atoms with Crippen LogP contribution in [-0.4, -0.2) is 35.4 Å². The maximum atomic E-state index is 10.7. The number of ether oxygens (including phenoxy) is 1. The summed E-state index contributed by atoms with van der Waals surface area (Å²) in [6, 6.07) is 0. The van der Waals surface area contributed by atoms with Crippen molar-refractivity contribution in [2.24, 2.45) is 0 Å². The number of carboxylic acids is 1. The van der Waals surface area contributed by atoms with Crippen molar-refractivity contribution in [3.63, 3.8) is 0 Å². The molecule has 9 heteroatoms. The summed E-state index contributed by atoms with van der Waals surface area (Å²) in [5, 5.41) is 12.3. The third kappa shape index (κ3) is 5.37. The van der Waals surface area contributed by atoms with Gasteiger partial charge < -0.3 is 24.9 Å². The van der Waals surface area contributed by atoms with E-state index in [1.165, 1.54) is 23.1 Å². The Labute approximate surface area is 126 Å². The third-order valence-electron chi connectivity index (χ3n) is 1.76. The van der Waals surface area contributed by atoms with Gasteiger partial charge in [-0.15, -0.1) is 11.3 Å². The van der Waals surface area contributed by atoms with Gasteiger partial charge in [-0.05, 0) is 0 Å². The minimum Gasteiger partial charge on any atom is -0.870 e. The quantitative estimate of drug-likeness (QED) is 0.289. The van der Waals surface area contributed by atoms with Gasteiger partial charge in [0.15, 0.2) is 0 Å². The number of hydrogen-bond donors (Lipinski definition) is 0. The largest absolute Gasteiger partial charge is 1.00 e. The van der Waals surface area contributed by atoms with Gasteiger partial charge in [-0.25, -0.2) is 11.3 Å². The van der Waals surface area contributed by atoms with Gasteiger partial charge in [0.05, 0.1) is 11.2 Å². The first-order valence-electron chi connectivity index (χ1n) is 3.67. The van der Waals surface area contributed by atoms with Crippen LogP contribution in [0.2, 0.25) is 0 Å². The zero-order chi connectivity index (χ0) is 10.6. The minimum absolute atomic E-state index is 0. The van der Waals surface area contributed by atoms with Crippen molar-refractivity contribution in [2.75, 3.05) is 7.11 Å². The summed E-state index contributed by atoms with van der Waals surface area (Å²) in [6.07, 6.45) is 1.17. The average Bonchev–Trinajstić information content (AvgIpc) is 2.66. The van der Waals surface area contributed by atoms with Crippen molar-refractivity contribution in [3.8, 4) is 0 Å². The molecule has 0 amide bonds. The van der Waals surface area contributed by atoms with E-state index < -0.39 is 11.6 Å². The molecule has 0 aliphatic carbocycles. The van der Waals surface area contributed by atoms with Gasteiger partial charge >= 0.3 is 37.7 Å². The zero-order valence-electron chi connectivity index (χ0n) is 9.80. The average molecular weight is 244 g/mol. The van der Waals surface area contributed by atoms with Crippen LogP contribution in [0.25, 0.3) is 0 Å². The number of nitrogens with zero attached hydrogens (tertiary/aromatic N) is 1. The van der Waals surface area contributed by atoms with Gasteiger partial charge in [0.25, 0.3) is 0 Å². The van der Waals surface area contributed by atoms with Crippen LogP contribution in [0, 0.1) is 0 Å². The molecule has 6 nitrogen and oxygen atoms in total. The molecule has 1 N–H and O–H groups in total. The van der Waals surface area contributed by atoms with Crippen molar-refractivity contribution in [2.45, 2.75) is 12.0 Å². The molecule has 0 fully saturated rings. The summed E-state index contributed by atoms with van der Waals surface area (Å²) in [4.78, 5) is 25.1. The number of methoxy groups -OCH3 is 1. The van der Waals surface area contributed by atoms with Crippen LogP contribution in [0.3, 0.4) is 0 Å². The fraction of sp³-hybridized carbons (Fsp3) is 0.375. The van der Waals surface area contributed by atoms with Crippen molar-refractivity contribution in [3.05, 3.63) is 16.6 Å². The Morgan fingerprint density at radius 2 is 2.24 bits per heavy atom. The van der Waals surface area contributed by atoms with Crippen LogP contribution < -0.4 is 42.8 Å². The monoisotopic (exact) mass is 244 g/mol. The van der Waals surface area contributed by atoms with E-state index in [1.807, 2.05) is 0 Å². The van der Waals surface area contributed by atoms with Crippen molar-refractivity contribution < 1.29 is 62.6 Å². The second-order valence-electron chi connectivity index (χ2n) is 2.58. The van der Waals surface area contributed by atoms with Gasteiger partial charge in [0.1, 0.15) is 0 Å². The number of aromatic nitrogens is 1. The van der Waals surface area contributed by atoms with Crippen LogP contribution in [0.5, 0.6) is 0 Å². The van der Waals surface area contributed by atoms with Gasteiger partial charge in [-0.2, -0.15) is 0 Å². The van der Waals surface area contributed by atoms with Crippen molar-refractivity contribution >= 4 is 23.6 Å². The predicted octanol–water partition coefficient (Wildman–Crippen LogP) is -7.24. The fourth-order valence-corrected chi connectivity index (χ4v) is 1.49. The Morgan fingerprint density at radius 1 is 1.65 bits per heavy atom. The summed E-state index contributed by atoms with van der Waals surface area (Å²) < 4.78 is 4.60. The van der Waals surface area contributed by atoms with Crippen LogP contribution in [0.4, 0.5) is 0 Å². The molecular formula is C8H8Li2NO5S-. The second-order valence-corrected chi connectivity index (χ2v) is 3.30. The minimum atomic E-state index is -2.05. The molecule has 0 aromatic carbocycles. The smallest absolute Gasteiger partial charge is 0.870 e. The molecule has 84 valence electrons. The molecule has 0 bridgehead atoms. The molecule has 17 heavy (non-hydrogen) atoms. The summed E-state index contributed by atoms with van der Waals surface area (Å²) >= 11 is 1.30. The van der Waals surface area contributed by atoms with Crippen LogP contribution in [0.1, 0.15) is 5.69 Å². The Hall–Kier alpha value is -0.115. The SMILES string of the molecule is COC([C-]=O)(Cc1cscn1)C(=O)[O-].[Li+].[Li+].[OH-]. The topological polar surface area (TPSA) is 109 Å². The predicted molar refractivity (Wildman–Crippen MR) is 48.2 cm³/mol. The van der Waals surface area contributed by atoms with E-state index in [-0.39, 0.29) is 49.6 Å². The first-order chi connectivity index (χ1) is 6.64. The maximum Gasteiger partial charge on any atom is 1.00 e. The van der Waals surface area contributed by atoms with E-state index in [0.29, 0.717) is 5.69 Å².